The molecular formula is C15H19F2NO2S. The lowest BCUT2D eigenvalue weighted by Gasteiger charge is -2.29. The Bertz CT molecular complexity index is 620. The number of fused-ring (bicyclic) bond motifs is 1. The second-order valence-electron chi connectivity index (χ2n) is 6.05. The van der Waals surface area contributed by atoms with E-state index in [1.165, 1.54) is 0 Å². The van der Waals surface area contributed by atoms with Crippen LogP contribution in [-0.2, 0) is 9.84 Å². The van der Waals surface area contributed by atoms with Crippen LogP contribution in [0.25, 0.3) is 0 Å². The fraction of sp³-hybridized carbons (Fsp3) is 0.600. The molecule has 0 radical (unpaired) electrons. The number of benzene rings is 1. The zero-order valence-corrected chi connectivity index (χ0v) is 12.5. The lowest BCUT2D eigenvalue weighted by molar-refractivity contribution is -0.0404. The molecule has 1 aliphatic carbocycles. The first-order chi connectivity index (χ1) is 9.87. The van der Waals surface area contributed by atoms with Crippen molar-refractivity contribution in [2.45, 2.75) is 48.5 Å². The largest absolute Gasteiger partial charge is 0.313 e. The maximum Gasteiger partial charge on any atom is 0.248 e. The van der Waals surface area contributed by atoms with Crippen molar-refractivity contribution in [3.63, 3.8) is 0 Å². The SMILES string of the molecule is O=S1(=O)CC(CNC2CCC(F)(F)CC2)c2ccccc21. The molecule has 1 aliphatic heterocycles. The highest BCUT2D eigenvalue weighted by molar-refractivity contribution is 7.91. The summed E-state index contributed by atoms with van der Waals surface area (Å²) in [5.74, 6) is -2.49. The van der Waals surface area contributed by atoms with Gasteiger partial charge in [-0.3, -0.25) is 0 Å². The van der Waals surface area contributed by atoms with Crippen molar-refractivity contribution in [2.75, 3.05) is 12.3 Å². The monoisotopic (exact) mass is 315 g/mol. The molecule has 1 N–H and O–H groups in total. The molecule has 1 fully saturated rings. The first-order valence-electron chi connectivity index (χ1n) is 7.30. The summed E-state index contributed by atoms with van der Waals surface area (Å²) in [6.45, 7) is 0.534. The highest BCUT2D eigenvalue weighted by Gasteiger charge is 2.37. The third-order valence-corrected chi connectivity index (χ3v) is 6.37. The minimum Gasteiger partial charge on any atom is -0.313 e. The maximum absolute atomic E-state index is 13.1. The fourth-order valence-electron chi connectivity index (χ4n) is 3.27. The molecule has 6 heteroatoms. The maximum atomic E-state index is 13.1. The van der Waals surface area contributed by atoms with Crippen LogP contribution in [0.3, 0.4) is 0 Å². The summed E-state index contributed by atoms with van der Waals surface area (Å²) in [4.78, 5) is 0.423. The Morgan fingerprint density at radius 3 is 2.57 bits per heavy atom. The highest BCUT2D eigenvalue weighted by Crippen LogP contribution is 2.36. The average Bonchev–Trinajstić information content (AvgIpc) is 2.70. The molecule has 0 aromatic heterocycles. The second kappa shape index (κ2) is 5.32. The molecular weight excluding hydrogens is 296 g/mol. The summed E-state index contributed by atoms with van der Waals surface area (Å²) in [5.41, 5.74) is 0.853. The minimum absolute atomic E-state index is 0.0695. The van der Waals surface area contributed by atoms with Crippen LogP contribution in [-0.4, -0.2) is 32.7 Å². The standard InChI is InChI=1S/C15H19F2NO2S/c16-15(17)7-5-12(6-8-15)18-9-11-10-21(19,20)14-4-2-1-3-13(11)14/h1-4,11-12,18H,5-10H2. The predicted octanol–water partition coefficient (Wildman–Crippen LogP) is 2.73. The number of alkyl halides is 2. The van der Waals surface area contributed by atoms with Crippen LogP contribution in [0.2, 0.25) is 0 Å². The third-order valence-electron chi connectivity index (χ3n) is 4.48. The van der Waals surface area contributed by atoms with Crippen LogP contribution >= 0.6 is 0 Å². The van der Waals surface area contributed by atoms with Gasteiger partial charge in [0.25, 0.3) is 0 Å². The molecule has 2 aliphatic rings. The smallest absolute Gasteiger partial charge is 0.248 e. The van der Waals surface area contributed by atoms with E-state index in [0.717, 1.165) is 5.56 Å². The number of rotatable bonds is 3. The number of hydrogen-bond donors (Lipinski definition) is 1. The van der Waals surface area contributed by atoms with Crippen molar-refractivity contribution < 1.29 is 17.2 Å². The molecule has 21 heavy (non-hydrogen) atoms. The van der Waals surface area contributed by atoms with Crippen LogP contribution in [0.4, 0.5) is 8.78 Å². The van der Waals surface area contributed by atoms with Crippen LogP contribution in [0.1, 0.15) is 37.2 Å². The topological polar surface area (TPSA) is 46.2 Å². The summed E-state index contributed by atoms with van der Waals surface area (Å²) in [5, 5.41) is 3.28. The molecule has 1 unspecified atom stereocenters. The lowest BCUT2D eigenvalue weighted by Crippen LogP contribution is -2.39. The Balaban J connectivity index is 1.63. The van der Waals surface area contributed by atoms with Gasteiger partial charge in [0.2, 0.25) is 5.92 Å². The molecule has 0 amide bonds. The summed E-state index contributed by atoms with van der Waals surface area (Å²) in [6.07, 6.45) is 0.747. The molecule has 1 aromatic rings. The van der Waals surface area contributed by atoms with E-state index in [1.807, 2.05) is 12.1 Å². The number of sulfone groups is 1. The molecule has 0 spiro atoms. The van der Waals surface area contributed by atoms with E-state index in [9.17, 15) is 17.2 Å². The Hall–Kier alpha value is -1.01. The van der Waals surface area contributed by atoms with E-state index < -0.39 is 15.8 Å². The Kier molecular flexibility index (Phi) is 3.78. The first-order valence-corrected chi connectivity index (χ1v) is 8.95. The Labute approximate surface area is 123 Å². The van der Waals surface area contributed by atoms with Gasteiger partial charge in [-0.1, -0.05) is 18.2 Å². The zero-order chi connectivity index (χ0) is 15.1. The second-order valence-corrected chi connectivity index (χ2v) is 8.06. The molecule has 1 atom stereocenters. The van der Waals surface area contributed by atoms with Crippen molar-refractivity contribution in [1.29, 1.82) is 0 Å². The highest BCUT2D eigenvalue weighted by atomic mass is 32.2. The average molecular weight is 315 g/mol. The van der Waals surface area contributed by atoms with Crippen molar-refractivity contribution >= 4 is 9.84 Å². The molecule has 3 rings (SSSR count). The van der Waals surface area contributed by atoms with Crippen LogP contribution in [0.15, 0.2) is 29.2 Å². The van der Waals surface area contributed by atoms with Gasteiger partial charge in [-0.2, -0.15) is 0 Å². The molecule has 116 valence electrons. The van der Waals surface area contributed by atoms with Gasteiger partial charge in [-0.25, -0.2) is 17.2 Å². The van der Waals surface area contributed by atoms with E-state index in [-0.39, 0.29) is 30.6 Å². The summed E-state index contributed by atoms with van der Waals surface area (Å²) < 4.78 is 50.4. The van der Waals surface area contributed by atoms with E-state index in [2.05, 4.69) is 5.32 Å². The van der Waals surface area contributed by atoms with E-state index in [4.69, 9.17) is 0 Å². The van der Waals surface area contributed by atoms with Gasteiger partial charge >= 0.3 is 0 Å². The summed E-state index contributed by atoms with van der Waals surface area (Å²) in [7, 11) is -3.19. The van der Waals surface area contributed by atoms with Crippen molar-refractivity contribution in [1.82, 2.24) is 5.32 Å². The van der Waals surface area contributed by atoms with Gasteiger partial charge in [0, 0.05) is 31.3 Å². The minimum atomic E-state index is -3.19. The molecule has 0 saturated heterocycles. The van der Waals surface area contributed by atoms with E-state index in [1.54, 1.807) is 12.1 Å². The molecule has 3 nitrogen and oxygen atoms in total. The van der Waals surface area contributed by atoms with Gasteiger partial charge in [0.05, 0.1) is 10.6 Å². The van der Waals surface area contributed by atoms with E-state index in [0.29, 0.717) is 24.3 Å². The van der Waals surface area contributed by atoms with Gasteiger partial charge in [0.15, 0.2) is 9.84 Å². The third kappa shape index (κ3) is 3.11. The van der Waals surface area contributed by atoms with Gasteiger partial charge in [-0.15, -0.1) is 0 Å². The normalized spacial score (nSPS) is 27.4. The number of hydrogen-bond acceptors (Lipinski definition) is 3. The van der Waals surface area contributed by atoms with Gasteiger partial charge in [0.1, 0.15) is 0 Å². The fourth-order valence-corrected chi connectivity index (χ4v) is 5.15. The van der Waals surface area contributed by atoms with Crippen LogP contribution < -0.4 is 5.32 Å². The quantitative estimate of drug-likeness (QED) is 0.933. The van der Waals surface area contributed by atoms with Crippen LogP contribution in [0, 0.1) is 0 Å². The van der Waals surface area contributed by atoms with E-state index >= 15 is 0 Å². The number of halogens is 2. The summed E-state index contributed by atoms with van der Waals surface area (Å²) >= 11 is 0. The first kappa shape index (κ1) is 14.9. The molecule has 1 heterocycles. The molecule has 0 bridgehead atoms. The van der Waals surface area contributed by atoms with Gasteiger partial charge < -0.3 is 5.32 Å². The predicted molar refractivity (Wildman–Crippen MR) is 76.4 cm³/mol. The van der Waals surface area contributed by atoms with Crippen molar-refractivity contribution in [3.05, 3.63) is 29.8 Å². The summed E-state index contributed by atoms with van der Waals surface area (Å²) in [6, 6.07) is 7.14. The van der Waals surface area contributed by atoms with Crippen molar-refractivity contribution in [3.8, 4) is 0 Å². The van der Waals surface area contributed by atoms with Crippen molar-refractivity contribution in [2.24, 2.45) is 0 Å². The molecule has 1 aromatic carbocycles. The van der Waals surface area contributed by atoms with Gasteiger partial charge in [-0.05, 0) is 24.5 Å². The Morgan fingerprint density at radius 1 is 1.19 bits per heavy atom. The number of nitrogens with one attached hydrogen (secondary N) is 1. The zero-order valence-electron chi connectivity index (χ0n) is 11.7. The van der Waals surface area contributed by atoms with Crippen LogP contribution in [0.5, 0.6) is 0 Å². The Morgan fingerprint density at radius 2 is 1.86 bits per heavy atom. The lowest BCUT2D eigenvalue weighted by atomic mass is 9.91. The molecule has 1 saturated carbocycles.